The molecule has 42 heavy (non-hydrogen) atoms. The van der Waals surface area contributed by atoms with E-state index in [2.05, 4.69) is 23.9 Å². The Morgan fingerprint density at radius 2 is 1.90 bits per heavy atom. The van der Waals surface area contributed by atoms with Crippen LogP contribution in [0.4, 0.5) is 16.3 Å². The van der Waals surface area contributed by atoms with E-state index in [1.165, 1.54) is 18.5 Å². The number of carbonyl (C=O) groups excluding carboxylic acids is 1. The molecule has 1 aromatic carbocycles. The Morgan fingerprint density at radius 3 is 2.50 bits per heavy atom. The first-order chi connectivity index (χ1) is 19.6. The minimum absolute atomic E-state index is 0.0328. The molecule has 0 bridgehead atoms. The van der Waals surface area contributed by atoms with Gasteiger partial charge in [-0.3, -0.25) is 9.69 Å². The fourth-order valence-corrected chi connectivity index (χ4v) is 4.90. The first-order valence-electron chi connectivity index (χ1n) is 14.1. The molecule has 0 radical (unpaired) electrons. The summed E-state index contributed by atoms with van der Waals surface area (Å²) in [6.45, 7) is 13.3. The molecule has 0 unspecified atom stereocenters. The second-order valence-corrected chi connectivity index (χ2v) is 12.3. The van der Waals surface area contributed by atoms with Crippen LogP contribution in [0.1, 0.15) is 78.5 Å². The molecular formula is C31H41FN6O4. The van der Waals surface area contributed by atoms with Crippen molar-refractivity contribution >= 4 is 23.9 Å². The second-order valence-electron chi connectivity index (χ2n) is 12.3. The van der Waals surface area contributed by atoms with Gasteiger partial charge in [0.25, 0.3) is 0 Å². The predicted octanol–water partition coefficient (Wildman–Crippen LogP) is 5.96. The molecule has 0 aliphatic carbocycles. The Kier molecular flexibility index (Phi) is 9.12. The maximum absolute atomic E-state index is 13.9. The molecule has 4 rings (SSSR count). The Bertz CT molecular complexity index is 1430. The largest absolute Gasteiger partial charge is 0.460 e. The van der Waals surface area contributed by atoms with Crippen molar-refractivity contribution in [3.8, 4) is 11.3 Å². The van der Waals surface area contributed by atoms with Gasteiger partial charge in [-0.25, -0.2) is 19.0 Å². The van der Waals surface area contributed by atoms with Gasteiger partial charge in [-0.05, 0) is 64.8 Å². The molecule has 226 valence electrons. The third-order valence-corrected chi connectivity index (χ3v) is 6.59. The number of ether oxygens (including phenoxy) is 3. The summed E-state index contributed by atoms with van der Waals surface area (Å²) in [4.78, 5) is 28.5. The average Bonchev–Trinajstić information content (AvgIpc) is 3.30. The molecule has 1 aliphatic heterocycles. The molecule has 0 N–H and O–H groups in total. The van der Waals surface area contributed by atoms with E-state index in [1.54, 1.807) is 28.8 Å². The maximum Gasteiger partial charge on any atom is 0.308 e. The summed E-state index contributed by atoms with van der Waals surface area (Å²) >= 11 is 0. The Hall–Kier alpha value is -3.70. The third kappa shape index (κ3) is 7.77. The molecule has 11 heteroatoms. The van der Waals surface area contributed by atoms with Crippen LogP contribution in [0.5, 0.6) is 0 Å². The zero-order valence-electron chi connectivity index (χ0n) is 25.9. The van der Waals surface area contributed by atoms with Gasteiger partial charge in [0.05, 0.1) is 30.0 Å². The molecule has 2 aromatic heterocycles. The van der Waals surface area contributed by atoms with E-state index in [0.717, 1.165) is 16.8 Å². The Morgan fingerprint density at radius 1 is 1.21 bits per heavy atom. The van der Waals surface area contributed by atoms with Gasteiger partial charge in [-0.15, -0.1) is 0 Å². The fourth-order valence-electron chi connectivity index (χ4n) is 4.90. The quantitative estimate of drug-likeness (QED) is 0.299. The molecule has 1 aliphatic rings. The van der Waals surface area contributed by atoms with E-state index in [4.69, 9.17) is 24.2 Å². The molecule has 0 amide bonds. The third-order valence-electron chi connectivity index (χ3n) is 6.59. The number of aromatic nitrogens is 5. The van der Waals surface area contributed by atoms with Crippen LogP contribution in [0.2, 0.25) is 0 Å². The van der Waals surface area contributed by atoms with Crippen molar-refractivity contribution in [3.05, 3.63) is 53.7 Å². The molecule has 3 aromatic rings. The normalized spacial score (nSPS) is 18.9. The van der Waals surface area contributed by atoms with Gasteiger partial charge in [0.2, 0.25) is 11.9 Å². The fraction of sp³-hybridized carbons (Fsp3) is 0.516. The lowest BCUT2D eigenvalue weighted by atomic mass is 9.97. The smallest absolute Gasteiger partial charge is 0.308 e. The number of hydrogen-bond donors (Lipinski definition) is 0. The molecular weight excluding hydrogens is 539 g/mol. The molecule has 1 saturated heterocycles. The van der Waals surface area contributed by atoms with E-state index in [9.17, 15) is 9.18 Å². The number of carbonyl (C=O) groups is 1. The van der Waals surface area contributed by atoms with Crippen molar-refractivity contribution in [1.29, 1.82) is 0 Å². The van der Waals surface area contributed by atoms with Crippen LogP contribution in [0.15, 0.2) is 36.7 Å². The maximum atomic E-state index is 13.9. The van der Waals surface area contributed by atoms with E-state index < -0.39 is 11.4 Å². The highest BCUT2D eigenvalue weighted by atomic mass is 19.1. The lowest BCUT2D eigenvalue weighted by Crippen LogP contribution is -2.45. The Balaban J connectivity index is 1.72. The lowest BCUT2D eigenvalue weighted by molar-refractivity contribution is -0.290. The molecule has 0 saturated carbocycles. The number of hydrogen-bond acceptors (Lipinski definition) is 9. The average molecular weight is 581 g/mol. The summed E-state index contributed by atoms with van der Waals surface area (Å²) in [7, 11) is 3.63. The van der Waals surface area contributed by atoms with Crippen molar-refractivity contribution in [3.63, 3.8) is 0 Å². The zero-order chi connectivity index (χ0) is 30.8. The standard InChI is InChI=1S/C31H41FN6O4/c1-19(2)26-24(15-14-22-16-23(41-31(6,7)40-22)17-25(39)42-30(3,4)5)27(20-10-12-21(32)13-11-20)36-28(35-26)37(8)29-33-18-34-38(29)9/h10-15,18-19,22-23H,16-17H2,1-9H3/t22-,23-/m1/s1. The summed E-state index contributed by atoms with van der Waals surface area (Å²) in [5.74, 6) is -0.506. The molecule has 3 heterocycles. The number of halogens is 1. The second kappa shape index (κ2) is 12.3. The monoisotopic (exact) mass is 580 g/mol. The molecule has 10 nitrogen and oxygen atoms in total. The van der Waals surface area contributed by atoms with Crippen LogP contribution < -0.4 is 4.90 Å². The van der Waals surface area contributed by atoms with Gasteiger partial charge >= 0.3 is 5.97 Å². The van der Waals surface area contributed by atoms with Gasteiger partial charge in [-0.1, -0.05) is 26.0 Å². The van der Waals surface area contributed by atoms with E-state index in [0.29, 0.717) is 24.0 Å². The zero-order valence-corrected chi connectivity index (χ0v) is 25.9. The van der Waals surface area contributed by atoms with Gasteiger partial charge in [0.1, 0.15) is 17.7 Å². The first kappa shape index (κ1) is 31.2. The summed E-state index contributed by atoms with van der Waals surface area (Å²) in [5.41, 5.74) is 2.41. The van der Waals surface area contributed by atoms with Crippen LogP contribution in [0.3, 0.4) is 0 Å². The molecule has 1 fully saturated rings. The van der Waals surface area contributed by atoms with E-state index in [-0.39, 0.29) is 36.3 Å². The number of rotatable bonds is 8. The number of esters is 1. The van der Waals surface area contributed by atoms with Crippen LogP contribution in [0.25, 0.3) is 17.3 Å². The van der Waals surface area contributed by atoms with Gasteiger partial charge in [-0.2, -0.15) is 10.1 Å². The van der Waals surface area contributed by atoms with Crippen molar-refractivity contribution in [2.24, 2.45) is 7.05 Å². The van der Waals surface area contributed by atoms with Gasteiger partial charge < -0.3 is 14.2 Å². The highest BCUT2D eigenvalue weighted by molar-refractivity contribution is 5.75. The van der Waals surface area contributed by atoms with Gasteiger partial charge in [0.15, 0.2) is 5.79 Å². The summed E-state index contributed by atoms with van der Waals surface area (Å²) in [5, 5.41) is 4.17. The van der Waals surface area contributed by atoms with Crippen LogP contribution >= 0.6 is 0 Å². The van der Waals surface area contributed by atoms with Crippen LogP contribution in [-0.4, -0.2) is 61.3 Å². The molecule has 2 atom stereocenters. The number of anilines is 2. The SMILES string of the molecule is CC(C)c1nc(N(C)c2ncnn2C)nc(-c2ccc(F)cc2)c1C=C[C@@H]1C[C@H](CC(=O)OC(C)(C)C)OC(C)(C)O1. The summed E-state index contributed by atoms with van der Waals surface area (Å²) < 4.78 is 33.3. The first-order valence-corrected chi connectivity index (χ1v) is 14.1. The van der Waals surface area contributed by atoms with Crippen LogP contribution in [0, 0.1) is 5.82 Å². The van der Waals surface area contributed by atoms with Crippen molar-refractivity contribution < 1.29 is 23.4 Å². The highest BCUT2D eigenvalue weighted by Gasteiger charge is 2.36. The molecule has 0 spiro atoms. The highest BCUT2D eigenvalue weighted by Crippen LogP contribution is 2.34. The predicted molar refractivity (Wildman–Crippen MR) is 159 cm³/mol. The van der Waals surface area contributed by atoms with Crippen molar-refractivity contribution in [2.45, 2.75) is 90.8 Å². The lowest BCUT2D eigenvalue weighted by Gasteiger charge is -2.39. The van der Waals surface area contributed by atoms with E-state index >= 15 is 0 Å². The number of aryl methyl sites for hydroxylation is 1. The van der Waals surface area contributed by atoms with Gasteiger partial charge in [0, 0.05) is 31.6 Å². The number of nitrogens with zero attached hydrogens (tertiary/aromatic N) is 6. The van der Waals surface area contributed by atoms with Crippen LogP contribution in [-0.2, 0) is 26.1 Å². The van der Waals surface area contributed by atoms with Crippen molar-refractivity contribution in [1.82, 2.24) is 24.7 Å². The topological polar surface area (TPSA) is 104 Å². The summed E-state index contributed by atoms with van der Waals surface area (Å²) in [6.07, 6.45) is 5.25. The Labute approximate surface area is 246 Å². The number of benzene rings is 1. The summed E-state index contributed by atoms with van der Waals surface area (Å²) in [6, 6.07) is 6.24. The minimum atomic E-state index is -0.903. The van der Waals surface area contributed by atoms with Crippen molar-refractivity contribution in [2.75, 3.05) is 11.9 Å². The van der Waals surface area contributed by atoms with E-state index in [1.807, 2.05) is 53.8 Å². The minimum Gasteiger partial charge on any atom is -0.460 e.